The van der Waals surface area contributed by atoms with Crippen molar-refractivity contribution in [2.24, 2.45) is 0 Å². The van der Waals surface area contributed by atoms with Gasteiger partial charge in [0.1, 0.15) is 5.69 Å². The van der Waals surface area contributed by atoms with Gasteiger partial charge in [-0.3, -0.25) is 9.59 Å². The number of carbonyl (C=O) groups is 2. The van der Waals surface area contributed by atoms with Gasteiger partial charge in [-0.1, -0.05) is 23.2 Å². The van der Waals surface area contributed by atoms with Crippen molar-refractivity contribution in [1.29, 1.82) is 0 Å². The standard InChI is InChI=1S/C32H27Cl2F6N5O4S/c1-17-8-21(33)12-25(30(47)42-22-5-6-22)24(17)14-28(46)27-13-23(43-45(27)29-26(34)4-3-7-41-29)16-44(50(2,48)49)15-18-9-19(31(35,36)37)11-20(10-18)32(38,39)40/h3-4,7-13,22H,5-6,14-16H2,1-2H3,(H,42,47). The first-order valence-electron chi connectivity index (χ1n) is 14.8. The molecule has 0 aliphatic heterocycles. The van der Waals surface area contributed by atoms with Crippen LogP contribution in [-0.2, 0) is 41.9 Å². The maximum atomic E-state index is 14.0. The van der Waals surface area contributed by atoms with E-state index < -0.39 is 63.8 Å². The zero-order chi connectivity index (χ0) is 36.8. The van der Waals surface area contributed by atoms with Crippen LogP contribution in [0.1, 0.15) is 67.2 Å². The van der Waals surface area contributed by atoms with Gasteiger partial charge in [0.2, 0.25) is 10.0 Å². The SMILES string of the molecule is Cc1cc(Cl)cc(C(=O)NC2CC2)c1CC(=O)c1cc(CN(Cc2cc(C(F)(F)F)cc(C(F)(F)F)c2)S(C)(=O)=O)nn1-c1ncccc1Cl. The molecule has 266 valence electrons. The molecule has 0 bridgehead atoms. The van der Waals surface area contributed by atoms with Gasteiger partial charge in [-0.25, -0.2) is 18.1 Å². The fourth-order valence-electron chi connectivity index (χ4n) is 5.14. The lowest BCUT2D eigenvalue weighted by molar-refractivity contribution is -0.143. The number of carbonyl (C=O) groups excluding carboxylic acids is 2. The van der Waals surface area contributed by atoms with Gasteiger partial charge in [0.25, 0.3) is 5.91 Å². The smallest absolute Gasteiger partial charge is 0.349 e. The van der Waals surface area contributed by atoms with Crippen molar-refractivity contribution in [3.05, 3.63) is 110 Å². The Bertz CT molecular complexity index is 2050. The lowest BCUT2D eigenvalue weighted by atomic mass is 9.95. The fraction of sp³-hybridized carbons (Fsp3) is 0.312. The molecule has 1 aliphatic rings. The average Bonchev–Trinajstić information content (AvgIpc) is 3.72. The second-order valence-electron chi connectivity index (χ2n) is 11.8. The topological polar surface area (TPSA) is 114 Å². The number of nitrogens with zero attached hydrogens (tertiary/aromatic N) is 4. The quantitative estimate of drug-likeness (QED) is 0.128. The third-order valence-electron chi connectivity index (χ3n) is 7.73. The van der Waals surface area contributed by atoms with E-state index in [2.05, 4.69) is 15.4 Å². The Morgan fingerprint density at radius 1 is 0.980 bits per heavy atom. The van der Waals surface area contributed by atoms with E-state index in [-0.39, 0.29) is 51.3 Å². The molecular weight excluding hydrogens is 735 g/mol. The van der Waals surface area contributed by atoms with Crippen LogP contribution in [0.5, 0.6) is 0 Å². The van der Waals surface area contributed by atoms with Gasteiger partial charge < -0.3 is 5.32 Å². The Balaban J connectivity index is 1.54. The predicted octanol–water partition coefficient (Wildman–Crippen LogP) is 7.20. The molecule has 2 heterocycles. The van der Waals surface area contributed by atoms with Crippen molar-refractivity contribution < 1.29 is 44.3 Å². The Labute approximate surface area is 292 Å². The monoisotopic (exact) mass is 761 g/mol. The van der Waals surface area contributed by atoms with Crippen LogP contribution >= 0.6 is 23.2 Å². The van der Waals surface area contributed by atoms with E-state index in [9.17, 15) is 44.3 Å². The number of halogens is 8. The first-order chi connectivity index (χ1) is 23.2. The third kappa shape index (κ3) is 8.83. The van der Waals surface area contributed by atoms with Gasteiger partial charge in [-0.05, 0) is 85.0 Å². The number of sulfonamides is 1. The molecule has 1 fully saturated rings. The summed E-state index contributed by atoms with van der Waals surface area (Å²) < 4.78 is 108. The number of hydrogen-bond acceptors (Lipinski definition) is 6. The largest absolute Gasteiger partial charge is 0.416 e. The lowest BCUT2D eigenvalue weighted by Crippen LogP contribution is -2.29. The highest BCUT2D eigenvalue weighted by Crippen LogP contribution is 2.37. The Morgan fingerprint density at radius 3 is 2.18 bits per heavy atom. The van der Waals surface area contributed by atoms with Crippen LogP contribution in [0.2, 0.25) is 10.0 Å². The first kappa shape index (κ1) is 37.3. The second-order valence-corrected chi connectivity index (χ2v) is 14.6. The van der Waals surface area contributed by atoms with E-state index in [1.807, 2.05) is 0 Å². The molecule has 2 aromatic heterocycles. The van der Waals surface area contributed by atoms with Gasteiger partial charge >= 0.3 is 12.4 Å². The maximum absolute atomic E-state index is 14.0. The number of rotatable bonds is 11. The van der Waals surface area contributed by atoms with Crippen molar-refractivity contribution >= 4 is 44.9 Å². The molecule has 1 amide bonds. The summed E-state index contributed by atoms with van der Waals surface area (Å²) in [5.41, 5.74) is -2.98. The van der Waals surface area contributed by atoms with E-state index in [1.54, 1.807) is 13.0 Å². The van der Waals surface area contributed by atoms with Gasteiger partial charge in [-0.15, -0.1) is 0 Å². The van der Waals surface area contributed by atoms with E-state index in [0.29, 0.717) is 27.6 Å². The van der Waals surface area contributed by atoms with Crippen molar-refractivity contribution in [3.8, 4) is 5.82 Å². The number of pyridine rings is 1. The molecule has 1 saturated carbocycles. The minimum absolute atomic E-state index is 0.00871. The first-order valence-corrected chi connectivity index (χ1v) is 17.4. The highest BCUT2D eigenvalue weighted by molar-refractivity contribution is 7.88. The summed E-state index contributed by atoms with van der Waals surface area (Å²) in [6.07, 6.45) is -6.93. The maximum Gasteiger partial charge on any atom is 0.416 e. The molecule has 0 saturated heterocycles. The highest BCUT2D eigenvalue weighted by Gasteiger charge is 2.37. The number of hydrogen-bond donors (Lipinski definition) is 1. The zero-order valence-electron chi connectivity index (χ0n) is 26.2. The van der Waals surface area contributed by atoms with Crippen LogP contribution in [0, 0.1) is 6.92 Å². The van der Waals surface area contributed by atoms with E-state index in [4.69, 9.17) is 23.2 Å². The van der Waals surface area contributed by atoms with Crippen LogP contribution in [0.4, 0.5) is 26.3 Å². The number of Topliss-reactive ketones (excluding diaryl/α,β-unsaturated/α-hetero) is 1. The molecule has 0 radical (unpaired) electrons. The third-order valence-corrected chi connectivity index (χ3v) is 9.44. The molecule has 0 spiro atoms. The summed E-state index contributed by atoms with van der Waals surface area (Å²) in [5.74, 6) is -1.05. The summed E-state index contributed by atoms with van der Waals surface area (Å²) in [6, 6.07) is 8.01. The van der Waals surface area contributed by atoms with Crippen LogP contribution in [0.3, 0.4) is 0 Å². The van der Waals surface area contributed by atoms with Gasteiger partial charge in [-0.2, -0.15) is 35.7 Å². The molecule has 0 atom stereocenters. The normalized spacial score (nSPS) is 13.9. The van der Waals surface area contributed by atoms with Crippen molar-refractivity contribution in [1.82, 2.24) is 24.4 Å². The molecule has 2 aromatic carbocycles. The Hall–Kier alpha value is -3.99. The molecule has 18 heteroatoms. The Morgan fingerprint density at radius 2 is 1.62 bits per heavy atom. The van der Waals surface area contributed by atoms with E-state index in [1.165, 1.54) is 30.5 Å². The minimum Gasteiger partial charge on any atom is -0.349 e. The van der Waals surface area contributed by atoms with Crippen molar-refractivity contribution in [2.45, 2.75) is 57.7 Å². The number of benzene rings is 2. The summed E-state index contributed by atoms with van der Waals surface area (Å²) in [6.45, 7) is 0.113. The van der Waals surface area contributed by atoms with Gasteiger partial charge in [0.15, 0.2) is 11.6 Å². The van der Waals surface area contributed by atoms with Gasteiger partial charge in [0, 0.05) is 35.8 Å². The lowest BCUT2D eigenvalue weighted by Gasteiger charge is -2.21. The molecule has 0 unspecified atom stereocenters. The van der Waals surface area contributed by atoms with Crippen LogP contribution in [-0.4, -0.2) is 51.5 Å². The van der Waals surface area contributed by atoms with Crippen LogP contribution in [0.25, 0.3) is 5.82 Å². The van der Waals surface area contributed by atoms with Crippen LogP contribution < -0.4 is 5.32 Å². The molecule has 1 aliphatic carbocycles. The van der Waals surface area contributed by atoms with E-state index >= 15 is 0 Å². The zero-order valence-corrected chi connectivity index (χ0v) is 28.5. The number of amides is 1. The second kappa shape index (κ2) is 14.0. The molecular formula is C32H27Cl2F6N5O4S. The number of nitrogens with one attached hydrogen (secondary N) is 1. The summed E-state index contributed by atoms with van der Waals surface area (Å²) in [5, 5.41) is 7.52. The number of aryl methyl sites for hydroxylation is 1. The number of aromatic nitrogens is 3. The average molecular weight is 763 g/mol. The van der Waals surface area contributed by atoms with Crippen LogP contribution in [0.15, 0.2) is 54.7 Å². The fourth-order valence-corrected chi connectivity index (χ4v) is 6.36. The van der Waals surface area contributed by atoms with E-state index in [0.717, 1.165) is 23.8 Å². The molecule has 50 heavy (non-hydrogen) atoms. The minimum atomic E-state index is -5.15. The molecule has 1 N–H and O–H groups in total. The molecule has 9 nitrogen and oxygen atoms in total. The van der Waals surface area contributed by atoms with Crippen molar-refractivity contribution in [3.63, 3.8) is 0 Å². The highest BCUT2D eigenvalue weighted by atomic mass is 35.5. The summed E-state index contributed by atoms with van der Waals surface area (Å²) in [4.78, 5) is 31.2. The van der Waals surface area contributed by atoms with Crippen molar-refractivity contribution in [2.75, 3.05) is 6.26 Å². The summed E-state index contributed by atoms with van der Waals surface area (Å²) in [7, 11) is -4.29. The number of ketones is 1. The Kier molecular flexibility index (Phi) is 10.4. The summed E-state index contributed by atoms with van der Waals surface area (Å²) >= 11 is 12.6. The number of alkyl halides is 6. The molecule has 4 aromatic rings. The predicted molar refractivity (Wildman–Crippen MR) is 172 cm³/mol. The van der Waals surface area contributed by atoms with Gasteiger partial charge in [0.05, 0.1) is 34.6 Å². The molecule has 5 rings (SSSR count).